The summed E-state index contributed by atoms with van der Waals surface area (Å²) in [7, 11) is 0. The maximum absolute atomic E-state index is 8.71. The quantitative estimate of drug-likeness (QED) is 0.701. The molecule has 0 amide bonds. The van der Waals surface area contributed by atoms with Gasteiger partial charge in [-0.25, -0.2) is 0 Å². The molecule has 1 aromatic carbocycles. The Bertz CT molecular complexity index is 345. The van der Waals surface area contributed by atoms with Crippen LogP contribution in [0.5, 0.6) is 0 Å². The van der Waals surface area contributed by atoms with Crippen molar-refractivity contribution in [1.29, 1.82) is 5.26 Å². The Balaban J connectivity index is 2.18. The van der Waals surface area contributed by atoms with E-state index in [0.29, 0.717) is 12.0 Å². The van der Waals surface area contributed by atoms with Crippen molar-refractivity contribution in [3.63, 3.8) is 0 Å². The van der Waals surface area contributed by atoms with Crippen molar-refractivity contribution in [3.8, 4) is 6.07 Å². The average molecular weight is 172 g/mol. The van der Waals surface area contributed by atoms with Crippen LogP contribution in [0.25, 0.3) is 0 Å². The molecule has 2 N–H and O–H groups in total. The average Bonchev–Trinajstić information content (AvgIpc) is 2.13. The fraction of sp³-hybridized carbons (Fsp3) is 0.364. The maximum atomic E-state index is 8.71. The summed E-state index contributed by atoms with van der Waals surface area (Å²) in [6.45, 7) is 0. The molecule has 1 aliphatic carbocycles. The van der Waals surface area contributed by atoms with Gasteiger partial charge in [-0.3, -0.25) is 0 Å². The lowest BCUT2D eigenvalue weighted by molar-refractivity contribution is 0.351. The van der Waals surface area contributed by atoms with E-state index in [2.05, 4.69) is 12.1 Å². The Kier molecular flexibility index (Phi) is 2.03. The molecular formula is C11H12N2. The van der Waals surface area contributed by atoms with Crippen LogP contribution in [0.4, 0.5) is 0 Å². The number of nitrogens with two attached hydrogens (primary N) is 1. The SMILES string of the molecule is N#Cc1cccc(C2CC(N)C2)c1. The normalized spacial score (nSPS) is 26.2. The highest BCUT2D eigenvalue weighted by Crippen LogP contribution is 2.35. The van der Waals surface area contributed by atoms with Crippen LogP contribution in [0.1, 0.15) is 29.9 Å². The molecule has 0 spiro atoms. The van der Waals surface area contributed by atoms with Crippen LogP contribution in [0, 0.1) is 11.3 Å². The molecule has 13 heavy (non-hydrogen) atoms. The van der Waals surface area contributed by atoms with Crippen LogP contribution in [0.2, 0.25) is 0 Å². The van der Waals surface area contributed by atoms with Gasteiger partial charge in [0.05, 0.1) is 11.6 Å². The lowest BCUT2D eigenvalue weighted by Crippen LogP contribution is -2.34. The van der Waals surface area contributed by atoms with Crippen LogP contribution >= 0.6 is 0 Å². The minimum atomic E-state index is 0.371. The van der Waals surface area contributed by atoms with Gasteiger partial charge in [-0.2, -0.15) is 5.26 Å². The topological polar surface area (TPSA) is 49.8 Å². The summed E-state index contributed by atoms with van der Waals surface area (Å²) in [6, 6.07) is 10.3. The Morgan fingerprint density at radius 3 is 2.77 bits per heavy atom. The van der Waals surface area contributed by atoms with E-state index in [9.17, 15) is 0 Å². The summed E-state index contributed by atoms with van der Waals surface area (Å²) < 4.78 is 0. The molecule has 0 unspecified atom stereocenters. The molecule has 1 aliphatic rings. The molecule has 0 radical (unpaired) electrons. The summed E-state index contributed by atoms with van der Waals surface area (Å²) in [5.41, 5.74) is 7.72. The van der Waals surface area contributed by atoms with Gasteiger partial charge >= 0.3 is 0 Å². The number of nitriles is 1. The smallest absolute Gasteiger partial charge is 0.0991 e. The highest BCUT2D eigenvalue weighted by Gasteiger charge is 2.27. The molecule has 0 saturated heterocycles. The van der Waals surface area contributed by atoms with E-state index in [1.165, 1.54) is 5.56 Å². The third kappa shape index (κ3) is 1.56. The first-order valence-corrected chi connectivity index (χ1v) is 4.55. The van der Waals surface area contributed by atoms with Crippen molar-refractivity contribution >= 4 is 0 Å². The minimum Gasteiger partial charge on any atom is -0.328 e. The summed E-state index contributed by atoms with van der Waals surface area (Å²) in [5.74, 6) is 0.586. The second kappa shape index (κ2) is 3.20. The minimum absolute atomic E-state index is 0.371. The van der Waals surface area contributed by atoms with E-state index in [1.807, 2.05) is 18.2 Å². The van der Waals surface area contributed by atoms with Gasteiger partial charge in [0, 0.05) is 6.04 Å². The van der Waals surface area contributed by atoms with Gasteiger partial charge in [-0.05, 0) is 36.5 Å². The first kappa shape index (κ1) is 8.28. The summed E-state index contributed by atoms with van der Waals surface area (Å²) in [5, 5.41) is 8.71. The zero-order valence-electron chi connectivity index (χ0n) is 7.40. The summed E-state index contributed by atoms with van der Waals surface area (Å²) in [4.78, 5) is 0. The Morgan fingerprint density at radius 2 is 2.15 bits per heavy atom. The van der Waals surface area contributed by atoms with E-state index in [1.54, 1.807) is 0 Å². The monoisotopic (exact) mass is 172 g/mol. The molecule has 0 bridgehead atoms. The van der Waals surface area contributed by atoms with Crippen molar-refractivity contribution in [2.75, 3.05) is 0 Å². The number of nitrogens with zero attached hydrogens (tertiary/aromatic N) is 1. The molecule has 0 aliphatic heterocycles. The van der Waals surface area contributed by atoms with E-state index in [-0.39, 0.29) is 0 Å². The fourth-order valence-electron chi connectivity index (χ4n) is 1.80. The molecule has 2 nitrogen and oxygen atoms in total. The molecule has 66 valence electrons. The zero-order chi connectivity index (χ0) is 9.26. The molecule has 2 rings (SSSR count). The predicted octanol–water partition coefficient (Wildman–Crippen LogP) is 1.76. The first-order chi connectivity index (χ1) is 6.29. The first-order valence-electron chi connectivity index (χ1n) is 4.55. The predicted molar refractivity (Wildman–Crippen MR) is 51.1 cm³/mol. The molecule has 2 heteroatoms. The Morgan fingerprint density at radius 1 is 1.38 bits per heavy atom. The number of benzene rings is 1. The molecule has 0 heterocycles. The van der Waals surface area contributed by atoms with Crippen LogP contribution in [0.15, 0.2) is 24.3 Å². The molecule has 1 fully saturated rings. The fourth-order valence-corrected chi connectivity index (χ4v) is 1.80. The summed E-state index contributed by atoms with van der Waals surface area (Å²) in [6.07, 6.45) is 2.13. The van der Waals surface area contributed by atoms with Gasteiger partial charge < -0.3 is 5.73 Å². The van der Waals surface area contributed by atoms with Crippen molar-refractivity contribution in [3.05, 3.63) is 35.4 Å². The second-order valence-electron chi connectivity index (χ2n) is 3.67. The van der Waals surface area contributed by atoms with Crippen molar-refractivity contribution in [2.24, 2.45) is 5.73 Å². The van der Waals surface area contributed by atoms with Crippen molar-refractivity contribution in [2.45, 2.75) is 24.8 Å². The van der Waals surface area contributed by atoms with E-state index in [4.69, 9.17) is 11.0 Å². The Hall–Kier alpha value is -1.33. The second-order valence-corrected chi connectivity index (χ2v) is 3.67. The molecule has 1 saturated carbocycles. The molecular weight excluding hydrogens is 160 g/mol. The molecule has 0 aromatic heterocycles. The van der Waals surface area contributed by atoms with Gasteiger partial charge in [0.2, 0.25) is 0 Å². The zero-order valence-corrected chi connectivity index (χ0v) is 7.40. The number of rotatable bonds is 1. The third-order valence-corrected chi connectivity index (χ3v) is 2.66. The third-order valence-electron chi connectivity index (χ3n) is 2.66. The highest BCUT2D eigenvalue weighted by molar-refractivity contribution is 5.35. The van der Waals surface area contributed by atoms with Crippen LogP contribution < -0.4 is 5.73 Å². The lowest BCUT2D eigenvalue weighted by atomic mass is 9.76. The standard InChI is InChI=1S/C11H12N2/c12-7-8-2-1-3-9(4-8)10-5-11(13)6-10/h1-4,10-11H,5-6,13H2. The van der Waals surface area contributed by atoms with E-state index < -0.39 is 0 Å². The number of hydrogen-bond acceptors (Lipinski definition) is 2. The largest absolute Gasteiger partial charge is 0.328 e. The van der Waals surface area contributed by atoms with Gasteiger partial charge in [0.1, 0.15) is 0 Å². The van der Waals surface area contributed by atoms with Crippen LogP contribution in [0.3, 0.4) is 0 Å². The summed E-state index contributed by atoms with van der Waals surface area (Å²) >= 11 is 0. The highest BCUT2D eigenvalue weighted by atomic mass is 14.7. The van der Waals surface area contributed by atoms with Gasteiger partial charge in [-0.15, -0.1) is 0 Å². The van der Waals surface area contributed by atoms with Gasteiger partial charge in [0.25, 0.3) is 0 Å². The van der Waals surface area contributed by atoms with Gasteiger partial charge in [-0.1, -0.05) is 12.1 Å². The van der Waals surface area contributed by atoms with Crippen LogP contribution in [-0.2, 0) is 0 Å². The lowest BCUT2D eigenvalue weighted by Gasteiger charge is -2.32. The van der Waals surface area contributed by atoms with Crippen LogP contribution in [-0.4, -0.2) is 6.04 Å². The van der Waals surface area contributed by atoms with Crippen molar-refractivity contribution in [1.82, 2.24) is 0 Å². The molecule has 0 atom stereocenters. The Labute approximate surface area is 78.0 Å². The maximum Gasteiger partial charge on any atom is 0.0991 e. The number of hydrogen-bond donors (Lipinski definition) is 1. The van der Waals surface area contributed by atoms with Crippen molar-refractivity contribution < 1.29 is 0 Å². The molecule has 1 aromatic rings. The van der Waals surface area contributed by atoms with E-state index in [0.717, 1.165) is 18.4 Å². The van der Waals surface area contributed by atoms with Gasteiger partial charge in [0.15, 0.2) is 0 Å². The van der Waals surface area contributed by atoms with E-state index >= 15 is 0 Å².